The van der Waals surface area contributed by atoms with E-state index < -0.39 is 0 Å². The average molecular weight is 283 g/mol. The molecule has 2 N–H and O–H groups in total. The molecule has 6 heteroatoms. The van der Waals surface area contributed by atoms with Gasteiger partial charge in [0.05, 0.1) is 10.9 Å². The molecule has 0 aliphatic carbocycles. The van der Waals surface area contributed by atoms with Gasteiger partial charge in [0, 0.05) is 25.5 Å². The molecule has 3 rings (SSSR count). The van der Waals surface area contributed by atoms with Gasteiger partial charge in [-0.1, -0.05) is 19.1 Å². The number of hydrogen-bond acceptors (Lipinski definition) is 4. The minimum atomic E-state index is -0.122. The largest absolute Gasteiger partial charge is 0.355 e. The Morgan fingerprint density at radius 3 is 3.00 bits per heavy atom. The highest BCUT2D eigenvalue weighted by Crippen LogP contribution is 2.08. The van der Waals surface area contributed by atoms with Crippen molar-refractivity contribution in [3.8, 4) is 0 Å². The summed E-state index contributed by atoms with van der Waals surface area (Å²) in [5, 5.41) is 7.97. The van der Waals surface area contributed by atoms with Crippen molar-refractivity contribution in [2.45, 2.75) is 13.5 Å². The molecular weight excluding hydrogens is 266 g/mol. The van der Waals surface area contributed by atoms with Gasteiger partial charge in [-0.25, -0.2) is 4.98 Å². The van der Waals surface area contributed by atoms with Crippen LogP contribution in [0.2, 0.25) is 0 Å². The number of nitrogens with zero attached hydrogens (tertiary/aromatic N) is 3. The number of aromatic amines is 1. The molecule has 2 aromatic heterocycles. The highest BCUT2D eigenvalue weighted by Gasteiger charge is 2.06. The molecule has 0 saturated carbocycles. The number of H-pyrrole nitrogens is 1. The molecule has 1 unspecified atom stereocenters. The van der Waals surface area contributed by atoms with Crippen LogP contribution in [0.1, 0.15) is 6.92 Å². The van der Waals surface area contributed by atoms with Crippen LogP contribution in [0.4, 0.5) is 5.95 Å². The smallest absolute Gasteiger partial charge is 0.260 e. The number of aromatic nitrogens is 4. The van der Waals surface area contributed by atoms with Crippen LogP contribution < -0.4 is 10.9 Å². The van der Waals surface area contributed by atoms with Gasteiger partial charge in [-0.2, -0.15) is 5.10 Å². The van der Waals surface area contributed by atoms with E-state index in [-0.39, 0.29) is 5.56 Å². The highest BCUT2D eigenvalue weighted by atomic mass is 16.1. The Balaban J connectivity index is 1.69. The van der Waals surface area contributed by atoms with Crippen LogP contribution in [0.25, 0.3) is 10.9 Å². The van der Waals surface area contributed by atoms with Crippen LogP contribution >= 0.6 is 0 Å². The van der Waals surface area contributed by atoms with Crippen molar-refractivity contribution in [1.82, 2.24) is 19.7 Å². The maximum atomic E-state index is 12.0. The van der Waals surface area contributed by atoms with Crippen molar-refractivity contribution in [3.05, 3.63) is 53.1 Å². The molecule has 0 aliphatic rings. The third-order valence-electron chi connectivity index (χ3n) is 3.29. The van der Waals surface area contributed by atoms with Crippen LogP contribution in [-0.4, -0.2) is 26.3 Å². The van der Waals surface area contributed by atoms with E-state index in [1.807, 2.05) is 35.1 Å². The predicted molar refractivity (Wildman–Crippen MR) is 82.2 cm³/mol. The lowest BCUT2D eigenvalue weighted by Gasteiger charge is -2.13. The van der Waals surface area contributed by atoms with Crippen molar-refractivity contribution < 1.29 is 0 Å². The summed E-state index contributed by atoms with van der Waals surface area (Å²) in [6.07, 6.45) is 3.70. The zero-order chi connectivity index (χ0) is 14.7. The third kappa shape index (κ3) is 3.10. The first-order valence-electron chi connectivity index (χ1n) is 6.93. The Bertz CT molecular complexity index is 778. The van der Waals surface area contributed by atoms with Gasteiger partial charge in [0.1, 0.15) is 0 Å². The van der Waals surface area contributed by atoms with Crippen molar-refractivity contribution in [2.24, 2.45) is 5.92 Å². The molecule has 0 spiro atoms. The van der Waals surface area contributed by atoms with Crippen LogP contribution in [0, 0.1) is 5.92 Å². The number of rotatable bonds is 5. The SMILES string of the molecule is CC(CNc1nc2ccccc2c(=O)[nH]1)Cn1cccn1. The second kappa shape index (κ2) is 5.78. The third-order valence-corrected chi connectivity index (χ3v) is 3.29. The van der Waals surface area contributed by atoms with Crippen molar-refractivity contribution in [1.29, 1.82) is 0 Å². The number of anilines is 1. The summed E-state index contributed by atoms with van der Waals surface area (Å²) in [7, 11) is 0. The molecule has 0 fully saturated rings. The predicted octanol–water partition coefficient (Wildman–Crippen LogP) is 1.87. The van der Waals surface area contributed by atoms with E-state index in [2.05, 4.69) is 27.3 Å². The summed E-state index contributed by atoms with van der Waals surface area (Å²) < 4.78 is 1.89. The summed E-state index contributed by atoms with van der Waals surface area (Å²) in [4.78, 5) is 19.1. The Morgan fingerprint density at radius 1 is 1.33 bits per heavy atom. The molecule has 0 saturated heterocycles. The standard InChI is InChI=1S/C15H17N5O/c1-11(10-20-8-4-7-17-20)9-16-15-18-13-6-3-2-5-12(13)14(21)19-15/h2-8,11H,9-10H2,1H3,(H2,16,18,19,21). The lowest BCUT2D eigenvalue weighted by Crippen LogP contribution is -2.20. The minimum absolute atomic E-state index is 0.122. The number of nitrogens with one attached hydrogen (secondary N) is 2. The van der Waals surface area contributed by atoms with Gasteiger partial charge in [0.15, 0.2) is 0 Å². The second-order valence-electron chi connectivity index (χ2n) is 5.15. The summed E-state index contributed by atoms with van der Waals surface area (Å²) >= 11 is 0. The van der Waals surface area contributed by atoms with Crippen molar-refractivity contribution in [3.63, 3.8) is 0 Å². The summed E-state index contributed by atoms with van der Waals surface area (Å²) in [6.45, 7) is 3.65. The Hall–Kier alpha value is -2.63. The van der Waals surface area contributed by atoms with E-state index in [0.717, 1.165) is 6.54 Å². The average Bonchev–Trinajstić information content (AvgIpc) is 2.98. The van der Waals surface area contributed by atoms with E-state index in [9.17, 15) is 4.79 Å². The second-order valence-corrected chi connectivity index (χ2v) is 5.15. The van der Waals surface area contributed by atoms with E-state index in [1.165, 1.54) is 0 Å². The van der Waals surface area contributed by atoms with Crippen LogP contribution in [0.15, 0.2) is 47.5 Å². The van der Waals surface area contributed by atoms with Crippen LogP contribution in [0.3, 0.4) is 0 Å². The molecule has 2 heterocycles. The minimum Gasteiger partial charge on any atom is -0.355 e. The molecule has 6 nitrogen and oxygen atoms in total. The molecule has 3 aromatic rings. The normalized spacial score (nSPS) is 12.4. The molecule has 21 heavy (non-hydrogen) atoms. The molecule has 0 amide bonds. The molecule has 0 bridgehead atoms. The van der Waals surface area contributed by atoms with E-state index in [1.54, 1.807) is 12.3 Å². The van der Waals surface area contributed by atoms with Crippen LogP contribution in [-0.2, 0) is 6.54 Å². The maximum Gasteiger partial charge on any atom is 0.260 e. The monoisotopic (exact) mass is 283 g/mol. The maximum absolute atomic E-state index is 12.0. The van der Waals surface area contributed by atoms with Gasteiger partial charge in [-0.3, -0.25) is 14.5 Å². The fraction of sp³-hybridized carbons (Fsp3) is 0.267. The molecule has 0 aliphatic heterocycles. The summed E-state index contributed by atoms with van der Waals surface area (Å²) in [6, 6.07) is 9.22. The fourth-order valence-electron chi connectivity index (χ4n) is 2.23. The Kier molecular flexibility index (Phi) is 3.68. The van der Waals surface area contributed by atoms with Crippen molar-refractivity contribution in [2.75, 3.05) is 11.9 Å². The van der Waals surface area contributed by atoms with Crippen LogP contribution in [0.5, 0.6) is 0 Å². The Morgan fingerprint density at radius 2 is 2.19 bits per heavy atom. The molecule has 0 radical (unpaired) electrons. The molecular formula is C15H17N5O. The van der Waals surface area contributed by atoms with Gasteiger partial charge in [0.2, 0.25) is 5.95 Å². The summed E-state index contributed by atoms with van der Waals surface area (Å²) in [5.74, 6) is 0.868. The zero-order valence-electron chi connectivity index (χ0n) is 11.8. The van der Waals surface area contributed by atoms with E-state index in [4.69, 9.17) is 0 Å². The lowest BCUT2D eigenvalue weighted by molar-refractivity contribution is 0.467. The van der Waals surface area contributed by atoms with E-state index >= 15 is 0 Å². The van der Waals surface area contributed by atoms with E-state index in [0.29, 0.717) is 29.3 Å². The Labute approximate surface area is 121 Å². The summed E-state index contributed by atoms with van der Waals surface area (Å²) in [5.41, 5.74) is 0.575. The first kappa shape index (κ1) is 13.4. The molecule has 108 valence electrons. The van der Waals surface area contributed by atoms with Gasteiger partial charge in [-0.15, -0.1) is 0 Å². The first-order valence-corrected chi connectivity index (χ1v) is 6.93. The number of hydrogen-bond donors (Lipinski definition) is 2. The molecule has 1 aromatic carbocycles. The van der Waals surface area contributed by atoms with Gasteiger partial charge in [-0.05, 0) is 24.1 Å². The topological polar surface area (TPSA) is 75.6 Å². The number of benzene rings is 1. The lowest BCUT2D eigenvalue weighted by atomic mass is 10.2. The molecule has 1 atom stereocenters. The van der Waals surface area contributed by atoms with Crippen molar-refractivity contribution >= 4 is 16.9 Å². The number of fused-ring (bicyclic) bond motifs is 1. The fourth-order valence-corrected chi connectivity index (χ4v) is 2.23. The number of para-hydroxylation sites is 1. The van der Waals surface area contributed by atoms with Gasteiger partial charge >= 0.3 is 0 Å². The quantitative estimate of drug-likeness (QED) is 0.749. The first-order chi connectivity index (χ1) is 10.2. The van der Waals surface area contributed by atoms with Gasteiger partial charge < -0.3 is 5.32 Å². The highest BCUT2D eigenvalue weighted by molar-refractivity contribution is 5.78. The van der Waals surface area contributed by atoms with Gasteiger partial charge in [0.25, 0.3) is 5.56 Å². The zero-order valence-corrected chi connectivity index (χ0v) is 11.8.